The second-order valence-electron chi connectivity index (χ2n) is 7.08. The van der Waals surface area contributed by atoms with E-state index in [0.717, 1.165) is 38.9 Å². The predicted molar refractivity (Wildman–Crippen MR) is 107 cm³/mol. The zero-order chi connectivity index (χ0) is 18.2. The van der Waals surface area contributed by atoms with Gasteiger partial charge in [-0.1, -0.05) is 67.6 Å². The molecule has 0 spiro atoms. The van der Waals surface area contributed by atoms with Gasteiger partial charge >= 0.3 is 0 Å². The van der Waals surface area contributed by atoms with E-state index < -0.39 is 0 Å². The summed E-state index contributed by atoms with van der Waals surface area (Å²) in [4.78, 5) is 14.5. The molecule has 3 nitrogen and oxygen atoms in total. The quantitative estimate of drug-likeness (QED) is 0.688. The van der Waals surface area contributed by atoms with Gasteiger partial charge in [0.15, 0.2) is 0 Å². The van der Waals surface area contributed by atoms with E-state index >= 15 is 0 Å². The van der Waals surface area contributed by atoms with Gasteiger partial charge in [-0.3, -0.25) is 4.79 Å². The van der Waals surface area contributed by atoms with Crippen molar-refractivity contribution in [1.82, 2.24) is 10.2 Å². The Morgan fingerprint density at radius 3 is 2.23 bits per heavy atom. The summed E-state index contributed by atoms with van der Waals surface area (Å²) < 4.78 is 0. The number of hydrogen-bond donors (Lipinski definition) is 1. The molecule has 1 N–H and O–H groups in total. The highest BCUT2D eigenvalue weighted by molar-refractivity contribution is 5.78. The van der Waals surface area contributed by atoms with Crippen LogP contribution in [0.25, 0.3) is 0 Å². The Balaban J connectivity index is 1.70. The summed E-state index contributed by atoms with van der Waals surface area (Å²) >= 11 is 0. The van der Waals surface area contributed by atoms with Crippen LogP contribution < -0.4 is 5.32 Å². The van der Waals surface area contributed by atoms with Gasteiger partial charge < -0.3 is 10.2 Å². The molecule has 0 unspecified atom stereocenters. The van der Waals surface area contributed by atoms with Gasteiger partial charge in [0.2, 0.25) is 5.91 Å². The highest BCUT2D eigenvalue weighted by Gasteiger charge is 2.30. The molecule has 1 saturated heterocycles. The third-order valence-electron chi connectivity index (χ3n) is 5.42. The average Bonchev–Trinajstić information content (AvgIpc) is 3.04. The fourth-order valence-electron chi connectivity index (χ4n) is 4.01. The second-order valence-corrected chi connectivity index (χ2v) is 7.08. The van der Waals surface area contributed by atoms with Gasteiger partial charge in [0.05, 0.1) is 0 Å². The minimum Gasteiger partial charge on any atom is -0.340 e. The van der Waals surface area contributed by atoms with Gasteiger partial charge in [-0.2, -0.15) is 0 Å². The van der Waals surface area contributed by atoms with E-state index in [2.05, 4.69) is 77.8 Å². The number of nitrogens with one attached hydrogen (secondary N) is 1. The van der Waals surface area contributed by atoms with Crippen LogP contribution in [0, 0.1) is 0 Å². The van der Waals surface area contributed by atoms with Crippen molar-refractivity contribution in [3.63, 3.8) is 0 Å². The topological polar surface area (TPSA) is 32.3 Å². The zero-order valence-electron chi connectivity index (χ0n) is 15.7. The van der Waals surface area contributed by atoms with Crippen molar-refractivity contribution < 1.29 is 4.79 Å². The first-order valence-electron chi connectivity index (χ1n) is 9.89. The maximum atomic E-state index is 12.4. The minimum atomic E-state index is 0.325. The van der Waals surface area contributed by atoms with Crippen LogP contribution in [0.2, 0.25) is 0 Å². The molecule has 0 bridgehead atoms. The van der Waals surface area contributed by atoms with E-state index in [1.165, 1.54) is 11.1 Å². The Morgan fingerprint density at radius 1 is 1.04 bits per heavy atom. The fourth-order valence-corrected chi connectivity index (χ4v) is 4.01. The molecule has 0 radical (unpaired) electrons. The van der Waals surface area contributed by atoms with Crippen molar-refractivity contribution in [2.45, 2.75) is 44.6 Å². The molecule has 138 valence electrons. The van der Waals surface area contributed by atoms with Gasteiger partial charge in [-0.05, 0) is 43.5 Å². The first-order chi connectivity index (χ1) is 12.8. The van der Waals surface area contributed by atoms with E-state index in [1.807, 2.05) is 0 Å². The van der Waals surface area contributed by atoms with Crippen LogP contribution in [0.15, 0.2) is 60.7 Å². The van der Waals surface area contributed by atoms with Crippen LogP contribution in [0.3, 0.4) is 0 Å². The molecule has 0 saturated carbocycles. The number of carbonyl (C=O) groups excluding carboxylic acids is 1. The molecule has 1 amide bonds. The van der Waals surface area contributed by atoms with E-state index in [9.17, 15) is 4.79 Å². The van der Waals surface area contributed by atoms with Crippen LogP contribution >= 0.6 is 0 Å². The molecule has 3 rings (SSSR count). The van der Waals surface area contributed by atoms with Gasteiger partial charge in [0.1, 0.15) is 0 Å². The SMILES string of the molecule is CCNCC[C@@H]1CCC(=O)N1CCC(c1ccccc1)c1ccccc1. The fraction of sp³-hybridized carbons (Fsp3) is 0.435. The number of likely N-dealkylation sites (tertiary alicyclic amines) is 1. The molecule has 2 aromatic rings. The van der Waals surface area contributed by atoms with Gasteiger partial charge in [0.25, 0.3) is 0 Å². The number of carbonyl (C=O) groups is 1. The minimum absolute atomic E-state index is 0.325. The highest BCUT2D eigenvalue weighted by atomic mass is 16.2. The summed E-state index contributed by atoms with van der Waals surface area (Å²) in [7, 11) is 0. The highest BCUT2D eigenvalue weighted by Crippen LogP contribution is 2.30. The van der Waals surface area contributed by atoms with Crippen LogP contribution in [-0.2, 0) is 4.79 Å². The lowest BCUT2D eigenvalue weighted by Crippen LogP contribution is -2.36. The lowest BCUT2D eigenvalue weighted by atomic mass is 9.88. The predicted octanol–water partition coefficient (Wildman–Crippen LogP) is 4.20. The number of nitrogens with zero attached hydrogens (tertiary/aromatic N) is 1. The molecule has 1 aliphatic heterocycles. The summed E-state index contributed by atoms with van der Waals surface area (Å²) in [5.74, 6) is 0.659. The summed E-state index contributed by atoms with van der Waals surface area (Å²) in [6.45, 7) is 4.95. The molecule has 1 aliphatic rings. The summed E-state index contributed by atoms with van der Waals surface area (Å²) in [6.07, 6.45) is 3.74. The normalized spacial score (nSPS) is 17.2. The first-order valence-corrected chi connectivity index (χ1v) is 9.89. The van der Waals surface area contributed by atoms with E-state index in [4.69, 9.17) is 0 Å². The Morgan fingerprint density at radius 2 is 1.65 bits per heavy atom. The molecule has 2 aromatic carbocycles. The van der Waals surface area contributed by atoms with E-state index in [0.29, 0.717) is 24.3 Å². The summed E-state index contributed by atoms with van der Waals surface area (Å²) in [5.41, 5.74) is 2.66. The van der Waals surface area contributed by atoms with Crippen molar-refractivity contribution >= 4 is 5.91 Å². The summed E-state index contributed by atoms with van der Waals surface area (Å²) in [6, 6.07) is 21.7. The Kier molecular flexibility index (Phi) is 6.84. The largest absolute Gasteiger partial charge is 0.340 e. The Bertz CT molecular complexity index is 632. The lowest BCUT2D eigenvalue weighted by Gasteiger charge is -2.27. The molecule has 1 fully saturated rings. The summed E-state index contributed by atoms with van der Waals surface area (Å²) in [5, 5.41) is 3.39. The van der Waals surface area contributed by atoms with E-state index in [-0.39, 0.29) is 0 Å². The van der Waals surface area contributed by atoms with Crippen LogP contribution in [0.5, 0.6) is 0 Å². The lowest BCUT2D eigenvalue weighted by molar-refractivity contribution is -0.129. The molecular weight excluding hydrogens is 320 g/mol. The van der Waals surface area contributed by atoms with Crippen LogP contribution in [0.1, 0.15) is 49.7 Å². The van der Waals surface area contributed by atoms with Crippen molar-refractivity contribution in [3.05, 3.63) is 71.8 Å². The molecule has 1 atom stereocenters. The average molecular weight is 351 g/mol. The van der Waals surface area contributed by atoms with Crippen molar-refractivity contribution in [2.75, 3.05) is 19.6 Å². The van der Waals surface area contributed by atoms with Crippen molar-refractivity contribution in [1.29, 1.82) is 0 Å². The first kappa shape index (κ1) is 18.7. The molecule has 1 heterocycles. The third-order valence-corrected chi connectivity index (χ3v) is 5.42. The third kappa shape index (κ3) is 4.73. The van der Waals surface area contributed by atoms with Gasteiger partial charge in [-0.25, -0.2) is 0 Å². The molecular formula is C23H30N2O. The molecule has 0 aromatic heterocycles. The van der Waals surface area contributed by atoms with Crippen LogP contribution in [-0.4, -0.2) is 36.5 Å². The number of rotatable bonds is 9. The van der Waals surface area contributed by atoms with Crippen molar-refractivity contribution in [3.8, 4) is 0 Å². The Hall–Kier alpha value is -2.13. The molecule has 26 heavy (non-hydrogen) atoms. The monoisotopic (exact) mass is 350 g/mol. The molecule has 0 aliphatic carbocycles. The smallest absolute Gasteiger partial charge is 0.222 e. The number of hydrogen-bond acceptors (Lipinski definition) is 2. The van der Waals surface area contributed by atoms with Gasteiger partial charge in [0, 0.05) is 24.9 Å². The molecule has 3 heteroatoms. The van der Waals surface area contributed by atoms with E-state index in [1.54, 1.807) is 0 Å². The number of amides is 1. The van der Waals surface area contributed by atoms with Crippen LogP contribution in [0.4, 0.5) is 0 Å². The standard InChI is InChI=1S/C23H30N2O/c1-2-24-17-15-21-13-14-23(26)25(21)18-16-22(19-9-5-3-6-10-19)20-11-7-4-8-12-20/h3-12,21-22,24H,2,13-18H2,1H3/t21-/m0/s1. The van der Waals surface area contributed by atoms with Gasteiger partial charge in [-0.15, -0.1) is 0 Å². The maximum absolute atomic E-state index is 12.4. The Labute approximate surface area is 157 Å². The van der Waals surface area contributed by atoms with Crippen molar-refractivity contribution in [2.24, 2.45) is 0 Å². The number of benzene rings is 2. The second kappa shape index (κ2) is 9.54. The maximum Gasteiger partial charge on any atom is 0.222 e. The zero-order valence-corrected chi connectivity index (χ0v) is 15.7.